The Morgan fingerprint density at radius 1 is 1.40 bits per heavy atom. The lowest BCUT2D eigenvalue weighted by atomic mass is 10.0. The highest BCUT2D eigenvalue weighted by Gasteiger charge is 2.09. The molecule has 0 spiro atoms. The van der Waals surface area contributed by atoms with Gasteiger partial charge in [0.15, 0.2) is 5.78 Å². The number of Topliss-reactive ketones (excluding diaryl/α,β-unsaturated/α-hetero) is 1. The molecule has 15 heavy (non-hydrogen) atoms. The zero-order valence-electron chi connectivity index (χ0n) is 8.53. The van der Waals surface area contributed by atoms with Gasteiger partial charge in [-0.2, -0.15) is 0 Å². The Labute approximate surface area is 87.9 Å². The molecule has 0 radical (unpaired) electrons. The zero-order valence-corrected chi connectivity index (χ0v) is 8.53. The third kappa shape index (κ3) is 1.62. The molecule has 0 aliphatic rings. The van der Waals surface area contributed by atoms with Crippen molar-refractivity contribution in [1.82, 2.24) is 4.98 Å². The van der Waals surface area contributed by atoms with Crippen LogP contribution >= 0.6 is 0 Å². The van der Waals surface area contributed by atoms with Gasteiger partial charge in [0.05, 0.1) is 12.1 Å². The summed E-state index contributed by atoms with van der Waals surface area (Å²) in [5.41, 5.74) is 7.83. The lowest BCUT2D eigenvalue weighted by Gasteiger charge is -2.05. The van der Waals surface area contributed by atoms with Crippen molar-refractivity contribution in [2.75, 3.05) is 6.54 Å². The van der Waals surface area contributed by atoms with Gasteiger partial charge in [-0.3, -0.25) is 9.78 Å². The summed E-state index contributed by atoms with van der Waals surface area (Å²) in [6.07, 6.45) is 1.71. The van der Waals surface area contributed by atoms with Gasteiger partial charge in [0.25, 0.3) is 0 Å². The van der Waals surface area contributed by atoms with E-state index >= 15 is 0 Å². The molecule has 0 saturated heterocycles. The Morgan fingerprint density at radius 3 is 2.93 bits per heavy atom. The monoisotopic (exact) mass is 200 g/mol. The van der Waals surface area contributed by atoms with Crippen LogP contribution in [0.5, 0.6) is 0 Å². The molecule has 0 atom stereocenters. The summed E-state index contributed by atoms with van der Waals surface area (Å²) in [6.45, 7) is 2.02. The number of ketones is 1. The highest BCUT2D eigenvalue weighted by Crippen LogP contribution is 2.19. The van der Waals surface area contributed by atoms with E-state index in [0.29, 0.717) is 5.56 Å². The van der Waals surface area contributed by atoms with Crippen molar-refractivity contribution in [3.05, 3.63) is 41.6 Å². The summed E-state index contributed by atoms with van der Waals surface area (Å²) in [4.78, 5) is 15.8. The van der Waals surface area contributed by atoms with Gasteiger partial charge in [-0.15, -0.1) is 0 Å². The number of carbonyl (C=O) groups excluding carboxylic acids is 1. The number of rotatable bonds is 2. The van der Waals surface area contributed by atoms with E-state index in [4.69, 9.17) is 5.73 Å². The number of nitrogens with zero attached hydrogens (tertiary/aromatic N) is 1. The van der Waals surface area contributed by atoms with Crippen molar-refractivity contribution >= 4 is 16.7 Å². The Morgan fingerprint density at radius 2 is 2.20 bits per heavy atom. The molecule has 0 unspecified atom stereocenters. The van der Waals surface area contributed by atoms with Crippen molar-refractivity contribution in [2.24, 2.45) is 5.73 Å². The van der Waals surface area contributed by atoms with Crippen molar-refractivity contribution in [3.8, 4) is 0 Å². The van der Waals surface area contributed by atoms with E-state index < -0.39 is 0 Å². The maximum Gasteiger partial charge on any atom is 0.178 e. The second kappa shape index (κ2) is 3.79. The van der Waals surface area contributed by atoms with Gasteiger partial charge in [0, 0.05) is 17.1 Å². The van der Waals surface area contributed by atoms with Crippen LogP contribution in [0, 0.1) is 6.92 Å². The summed E-state index contributed by atoms with van der Waals surface area (Å²) < 4.78 is 0. The molecule has 1 aromatic carbocycles. The smallest absolute Gasteiger partial charge is 0.178 e. The summed E-state index contributed by atoms with van der Waals surface area (Å²) >= 11 is 0. The standard InChI is InChI=1S/C12H12N2O/c1-8-5-6-14-12-9(8)3-2-4-10(12)11(15)7-13/h2-6H,7,13H2,1H3. The minimum Gasteiger partial charge on any atom is -0.324 e. The summed E-state index contributed by atoms with van der Waals surface area (Å²) in [5.74, 6) is -0.0706. The van der Waals surface area contributed by atoms with Crippen LogP contribution in [0.15, 0.2) is 30.5 Å². The first-order valence-electron chi connectivity index (χ1n) is 4.81. The number of carbonyl (C=O) groups is 1. The lowest BCUT2D eigenvalue weighted by Crippen LogP contribution is -2.14. The molecule has 0 amide bonds. The van der Waals surface area contributed by atoms with Crippen LogP contribution in [0.2, 0.25) is 0 Å². The molecule has 0 bridgehead atoms. The van der Waals surface area contributed by atoms with E-state index in [1.165, 1.54) is 0 Å². The molecular formula is C12H12N2O. The number of hydrogen-bond acceptors (Lipinski definition) is 3. The summed E-state index contributed by atoms with van der Waals surface area (Å²) in [5, 5.41) is 1.01. The lowest BCUT2D eigenvalue weighted by molar-refractivity contribution is 0.100. The average molecular weight is 200 g/mol. The summed E-state index contributed by atoms with van der Waals surface area (Å²) in [6, 6.07) is 7.52. The number of benzene rings is 1. The van der Waals surface area contributed by atoms with Crippen LogP contribution < -0.4 is 5.73 Å². The van der Waals surface area contributed by atoms with Gasteiger partial charge in [0.1, 0.15) is 0 Å². The van der Waals surface area contributed by atoms with Gasteiger partial charge in [-0.1, -0.05) is 12.1 Å². The predicted molar refractivity (Wildman–Crippen MR) is 59.9 cm³/mol. The minimum absolute atomic E-state index is 0.0226. The highest BCUT2D eigenvalue weighted by atomic mass is 16.1. The number of hydrogen-bond donors (Lipinski definition) is 1. The normalized spacial score (nSPS) is 10.5. The van der Waals surface area contributed by atoms with Gasteiger partial charge in [-0.25, -0.2) is 0 Å². The first kappa shape index (κ1) is 9.80. The number of aryl methyl sites for hydroxylation is 1. The number of fused-ring (bicyclic) bond motifs is 1. The van der Waals surface area contributed by atoms with Crippen LogP contribution in [0.4, 0.5) is 0 Å². The molecule has 76 valence electrons. The second-order valence-corrected chi connectivity index (χ2v) is 3.46. The fourth-order valence-electron chi connectivity index (χ4n) is 1.65. The number of pyridine rings is 1. The molecule has 1 heterocycles. The molecule has 2 N–H and O–H groups in total. The molecule has 2 aromatic rings. The quantitative estimate of drug-likeness (QED) is 0.750. The third-order valence-corrected chi connectivity index (χ3v) is 2.47. The minimum atomic E-state index is -0.0706. The van der Waals surface area contributed by atoms with Gasteiger partial charge in [-0.05, 0) is 24.6 Å². The average Bonchev–Trinajstić information content (AvgIpc) is 2.28. The third-order valence-electron chi connectivity index (χ3n) is 2.47. The molecular weight excluding hydrogens is 188 g/mol. The SMILES string of the molecule is Cc1ccnc2c(C(=O)CN)cccc12. The van der Waals surface area contributed by atoms with Crippen LogP contribution in [0.25, 0.3) is 10.9 Å². The first-order valence-corrected chi connectivity index (χ1v) is 4.81. The second-order valence-electron chi connectivity index (χ2n) is 3.46. The number of nitrogens with two attached hydrogens (primary N) is 1. The largest absolute Gasteiger partial charge is 0.324 e. The van der Waals surface area contributed by atoms with Crippen molar-refractivity contribution in [2.45, 2.75) is 6.92 Å². The Hall–Kier alpha value is -1.74. The molecule has 1 aromatic heterocycles. The van der Waals surface area contributed by atoms with E-state index in [1.54, 1.807) is 12.3 Å². The van der Waals surface area contributed by atoms with Gasteiger partial charge >= 0.3 is 0 Å². The summed E-state index contributed by atoms with van der Waals surface area (Å²) in [7, 11) is 0. The van der Waals surface area contributed by atoms with E-state index in [-0.39, 0.29) is 12.3 Å². The van der Waals surface area contributed by atoms with Crippen molar-refractivity contribution < 1.29 is 4.79 Å². The topological polar surface area (TPSA) is 56.0 Å². The van der Waals surface area contributed by atoms with Crippen LogP contribution in [0.1, 0.15) is 15.9 Å². The van der Waals surface area contributed by atoms with Crippen LogP contribution in [-0.2, 0) is 0 Å². The van der Waals surface area contributed by atoms with Gasteiger partial charge < -0.3 is 5.73 Å². The Kier molecular flexibility index (Phi) is 2.47. The zero-order chi connectivity index (χ0) is 10.8. The number of para-hydroxylation sites is 1. The van der Waals surface area contributed by atoms with Crippen molar-refractivity contribution in [3.63, 3.8) is 0 Å². The Balaban J connectivity index is 2.77. The fraction of sp³-hybridized carbons (Fsp3) is 0.167. The maximum absolute atomic E-state index is 11.6. The van der Waals surface area contributed by atoms with E-state index in [0.717, 1.165) is 16.5 Å². The molecule has 2 rings (SSSR count). The molecule has 3 nitrogen and oxygen atoms in total. The Bertz CT molecular complexity index is 520. The first-order chi connectivity index (χ1) is 7.24. The molecule has 0 aliphatic carbocycles. The predicted octanol–water partition coefficient (Wildman–Crippen LogP) is 1.68. The molecule has 0 aliphatic heterocycles. The number of aromatic nitrogens is 1. The van der Waals surface area contributed by atoms with E-state index in [1.807, 2.05) is 25.1 Å². The van der Waals surface area contributed by atoms with E-state index in [2.05, 4.69) is 4.98 Å². The fourth-order valence-corrected chi connectivity index (χ4v) is 1.65. The molecule has 0 saturated carbocycles. The van der Waals surface area contributed by atoms with Crippen LogP contribution in [-0.4, -0.2) is 17.3 Å². The van der Waals surface area contributed by atoms with E-state index in [9.17, 15) is 4.79 Å². The highest BCUT2D eigenvalue weighted by molar-refractivity contribution is 6.07. The van der Waals surface area contributed by atoms with Crippen molar-refractivity contribution in [1.29, 1.82) is 0 Å². The van der Waals surface area contributed by atoms with Crippen LogP contribution in [0.3, 0.4) is 0 Å². The molecule has 3 heteroatoms. The maximum atomic E-state index is 11.6. The molecule has 0 fully saturated rings. The van der Waals surface area contributed by atoms with Gasteiger partial charge in [0.2, 0.25) is 0 Å².